The highest BCUT2D eigenvalue weighted by atomic mass is 14.9. The molecule has 1 saturated carbocycles. The van der Waals surface area contributed by atoms with Crippen LogP contribution in [-0.2, 0) is 0 Å². The lowest BCUT2D eigenvalue weighted by Gasteiger charge is -1.96. The van der Waals surface area contributed by atoms with Crippen LogP contribution in [0.4, 0.5) is 0 Å². The van der Waals surface area contributed by atoms with Crippen LogP contribution in [0.1, 0.15) is 19.8 Å². The van der Waals surface area contributed by atoms with E-state index < -0.39 is 0 Å². The second-order valence-electron chi connectivity index (χ2n) is 2.79. The van der Waals surface area contributed by atoms with Gasteiger partial charge in [0.05, 0.1) is 0 Å². The van der Waals surface area contributed by atoms with Crippen molar-refractivity contribution >= 4 is 0 Å². The van der Waals surface area contributed by atoms with Crippen molar-refractivity contribution in [2.75, 3.05) is 0 Å². The fourth-order valence-corrected chi connectivity index (χ4v) is 1.20. The third-order valence-corrected chi connectivity index (χ3v) is 1.91. The first kappa shape index (κ1) is 5.10. The van der Waals surface area contributed by atoms with Crippen molar-refractivity contribution in [3.63, 3.8) is 0 Å². The molecule has 1 nitrogen and oxygen atoms in total. The SMILES string of the molecule is CC1=C(C2CC2)[N]C=C1. The molecule has 0 bridgehead atoms. The number of rotatable bonds is 1. The number of allylic oxidation sites excluding steroid dienone is 3. The molecule has 0 aromatic heterocycles. The fourth-order valence-electron chi connectivity index (χ4n) is 1.20. The highest BCUT2D eigenvalue weighted by Gasteiger charge is 2.28. The van der Waals surface area contributed by atoms with Gasteiger partial charge in [0.2, 0.25) is 0 Å². The van der Waals surface area contributed by atoms with E-state index in [-0.39, 0.29) is 0 Å². The monoisotopic (exact) mass is 120 g/mol. The molecule has 47 valence electrons. The molecule has 1 aliphatic carbocycles. The average molecular weight is 120 g/mol. The van der Waals surface area contributed by atoms with Gasteiger partial charge in [-0.1, -0.05) is 0 Å². The minimum atomic E-state index is 0.819. The molecule has 0 saturated heterocycles. The van der Waals surface area contributed by atoms with Gasteiger partial charge < -0.3 is 0 Å². The minimum absolute atomic E-state index is 0.819. The predicted octanol–water partition coefficient (Wildman–Crippen LogP) is 1.80. The summed E-state index contributed by atoms with van der Waals surface area (Å²) in [7, 11) is 0. The van der Waals surface area contributed by atoms with E-state index in [1.165, 1.54) is 24.1 Å². The van der Waals surface area contributed by atoms with Crippen LogP contribution >= 0.6 is 0 Å². The first-order valence-electron chi connectivity index (χ1n) is 3.46. The second-order valence-corrected chi connectivity index (χ2v) is 2.79. The van der Waals surface area contributed by atoms with Gasteiger partial charge in [0.15, 0.2) is 0 Å². The summed E-state index contributed by atoms with van der Waals surface area (Å²) in [6.07, 6.45) is 6.71. The summed E-state index contributed by atoms with van der Waals surface area (Å²) in [5.41, 5.74) is 2.72. The number of nitrogens with zero attached hydrogens (tertiary/aromatic N) is 1. The molecule has 1 aliphatic heterocycles. The zero-order chi connectivity index (χ0) is 6.27. The predicted molar refractivity (Wildman–Crippen MR) is 36.7 cm³/mol. The topological polar surface area (TPSA) is 14.1 Å². The zero-order valence-corrected chi connectivity index (χ0v) is 5.59. The molecule has 0 aromatic rings. The normalized spacial score (nSPS) is 25.0. The molecule has 1 heterocycles. The maximum atomic E-state index is 4.28. The van der Waals surface area contributed by atoms with E-state index in [2.05, 4.69) is 18.3 Å². The zero-order valence-electron chi connectivity index (χ0n) is 5.59. The summed E-state index contributed by atoms with van der Waals surface area (Å²) in [6, 6.07) is 0. The summed E-state index contributed by atoms with van der Waals surface area (Å²) < 4.78 is 0. The number of hydrogen-bond donors (Lipinski definition) is 0. The second kappa shape index (κ2) is 1.63. The Labute approximate surface area is 55.5 Å². The van der Waals surface area contributed by atoms with E-state index in [0.717, 1.165) is 5.92 Å². The standard InChI is InChI=1S/C8H10N/c1-6-4-5-9-8(6)7-2-3-7/h4-5,7H,2-3H2,1H3. The molecule has 1 fully saturated rings. The molecule has 2 aliphatic rings. The highest BCUT2D eigenvalue weighted by molar-refractivity contribution is 5.32. The maximum Gasteiger partial charge on any atom is 0.0464 e. The Morgan fingerprint density at radius 3 is 2.78 bits per heavy atom. The number of hydrogen-bond acceptors (Lipinski definition) is 0. The van der Waals surface area contributed by atoms with Crippen LogP contribution in [0.15, 0.2) is 23.5 Å². The van der Waals surface area contributed by atoms with E-state index in [0.29, 0.717) is 0 Å². The molecule has 9 heavy (non-hydrogen) atoms. The molecule has 1 radical (unpaired) electrons. The Morgan fingerprint density at radius 1 is 1.56 bits per heavy atom. The van der Waals surface area contributed by atoms with Crippen LogP contribution in [0.3, 0.4) is 0 Å². The van der Waals surface area contributed by atoms with Gasteiger partial charge in [0, 0.05) is 17.8 Å². The average Bonchev–Trinajstić information content (AvgIpc) is 2.58. The highest BCUT2D eigenvalue weighted by Crippen LogP contribution is 2.38. The van der Waals surface area contributed by atoms with Crippen LogP contribution in [0.2, 0.25) is 0 Å². The lowest BCUT2D eigenvalue weighted by Crippen LogP contribution is -1.94. The van der Waals surface area contributed by atoms with Gasteiger partial charge in [-0.15, -0.1) is 0 Å². The quantitative estimate of drug-likeness (QED) is 0.501. The summed E-state index contributed by atoms with van der Waals surface area (Å²) in [5.74, 6) is 0.819. The van der Waals surface area contributed by atoms with Crippen LogP contribution in [0, 0.1) is 5.92 Å². The van der Waals surface area contributed by atoms with Crippen molar-refractivity contribution in [3.05, 3.63) is 23.5 Å². The van der Waals surface area contributed by atoms with E-state index in [4.69, 9.17) is 0 Å². The smallest absolute Gasteiger partial charge is 0.0464 e. The third kappa shape index (κ3) is 0.766. The minimum Gasteiger partial charge on any atom is -0.261 e. The Bertz CT molecular complexity index is 185. The van der Waals surface area contributed by atoms with Gasteiger partial charge >= 0.3 is 0 Å². The van der Waals surface area contributed by atoms with Crippen molar-refractivity contribution in [2.24, 2.45) is 5.92 Å². The summed E-state index contributed by atoms with van der Waals surface area (Å²) in [6.45, 7) is 2.14. The molecule has 1 heteroatoms. The Kier molecular flexibility index (Phi) is 0.922. The molecule has 0 N–H and O–H groups in total. The van der Waals surface area contributed by atoms with Crippen molar-refractivity contribution in [1.82, 2.24) is 5.32 Å². The summed E-state index contributed by atoms with van der Waals surface area (Å²) in [4.78, 5) is 0. The molecular formula is C8H10N. The lowest BCUT2D eigenvalue weighted by molar-refractivity contribution is 0.876. The fraction of sp³-hybridized carbons (Fsp3) is 0.500. The van der Waals surface area contributed by atoms with Crippen LogP contribution in [0.25, 0.3) is 0 Å². The first-order chi connectivity index (χ1) is 4.38. The van der Waals surface area contributed by atoms with Crippen molar-refractivity contribution in [1.29, 1.82) is 0 Å². The lowest BCUT2D eigenvalue weighted by atomic mass is 10.2. The van der Waals surface area contributed by atoms with Crippen molar-refractivity contribution in [2.45, 2.75) is 19.8 Å². The maximum absolute atomic E-state index is 4.28. The molecule has 0 atom stereocenters. The van der Waals surface area contributed by atoms with Crippen molar-refractivity contribution < 1.29 is 0 Å². The van der Waals surface area contributed by atoms with E-state index in [1.807, 2.05) is 6.20 Å². The summed E-state index contributed by atoms with van der Waals surface area (Å²) >= 11 is 0. The van der Waals surface area contributed by atoms with Crippen LogP contribution < -0.4 is 5.32 Å². The molecule has 0 amide bonds. The van der Waals surface area contributed by atoms with Crippen LogP contribution in [-0.4, -0.2) is 0 Å². The van der Waals surface area contributed by atoms with Crippen molar-refractivity contribution in [3.8, 4) is 0 Å². The van der Waals surface area contributed by atoms with Crippen LogP contribution in [0.5, 0.6) is 0 Å². The van der Waals surface area contributed by atoms with Gasteiger partial charge in [-0.2, -0.15) is 0 Å². The first-order valence-corrected chi connectivity index (χ1v) is 3.46. The Balaban J connectivity index is 2.19. The molecule has 0 spiro atoms. The molecule has 0 unspecified atom stereocenters. The summed E-state index contributed by atoms with van der Waals surface area (Å²) in [5, 5.41) is 4.28. The van der Waals surface area contributed by atoms with Gasteiger partial charge in [-0.05, 0) is 31.4 Å². The van der Waals surface area contributed by atoms with Gasteiger partial charge in [-0.3, -0.25) is 5.32 Å². The van der Waals surface area contributed by atoms with Gasteiger partial charge in [0.25, 0.3) is 0 Å². The largest absolute Gasteiger partial charge is 0.261 e. The van der Waals surface area contributed by atoms with E-state index in [9.17, 15) is 0 Å². The molecule has 0 aromatic carbocycles. The molecule has 2 rings (SSSR count). The van der Waals surface area contributed by atoms with Gasteiger partial charge in [0.1, 0.15) is 0 Å². The van der Waals surface area contributed by atoms with Gasteiger partial charge in [-0.25, -0.2) is 0 Å². The molecular weight excluding hydrogens is 110 g/mol. The Hall–Kier alpha value is -0.720. The Morgan fingerprint density at radius 2 is 2.33 bits per heavy atom. The van der Waals surface area contributed by atoms with E-state index in [1.54, 1.807) is 0 Å². The third-order valence-electron chi connectivity index (χ3n) is 1.91. The van der Waals surface area contributed by atoms with E-state index >= 15 is 0 Å².